The molecule has 0 atom stereocenters. The maximum atomic E-state index is 5.55. The molecule has 1 heterocycles. The number of nitrogens with one attached hydrogen (secondary N) is 1. The van der Waals surface area contributed by atoms with Crippen molar-refractivity contribution < 1.29 is 4.74 Å². The quantitative estimate of drug-likeness (QED) is 0.824. The normalized spacial score (nSPS) is 18.1. The van der Waals surface area contributed by atoms with Crippen LogP contribution in [0.3, 0.4) is 0 Å². The van der Waals surface area contributed by atoms with E-state index in [1.54, 1.807) is 0 Å². The molecule has 0 unspecified atom stereocenters. The van der Waals surface area contributed by atoms with Crippen molar-refractivity contribution in [1.82, 2.24) is 10.3 Å². The van der Waals surface area contributed by atoms with Crippen LogP contribution in [0.25, 0.3) is 0 Å². The Morgan fingerprint density at radius 3 is 2.81 bits per heavy atom. The minimum atomic E-state index is 0.101. The van der Waals surface area contributed by atoms with E-state index in [1.807, 2.05) is 20.1 Å². The molecule has 1 saturated carbocycles. The summed E-state index contributed by atoms with van der Waals surface area (Å²) < 4.78 is 5.55. The van der Waals surface area contributed by atoms with Crippen LogP contribution < -0.4 is 5.32 Å². The highest BCUT2D eigenvalue weighted by molar-refractivity contribution is 5.09. The predicted octanol–water partition coefficient (Wildman–Crippen LogP) is 2.05. The van der Waals surface area contributed by atoms with E-state index >= 15 is 0 Å². The third-order valence-electron chi connectivity index (χ3n) is 3.40. The van der Waals surface area contributed by atoms with E-state index in [0.29, 0.717) is 0 Å². The minimum absolute atomic E-state index is 0.101. The van der Waals surface area contributed by atoms with Crippen molar-refractivity contribution in [2.24, 2.45) is 0 Å². The van der Waals surface area contributed by atoms with Gasteiger partial charge in [0.15, 0.2) is 0 Å². The molecule has 0 spiro atoms. The van der Waals surface area contributed by atoms with E-state index < -0.39 is 0 Å². The SMILES string of the molecule is COC1(CNCc2cccc(C)n2)CCC1. The lowest BCUT2D eigenvalue weighted by Gasteiger charge is -2.40. The third kappa shape index (κ3) is 2.60. The second-order valence-electron chi connectivity index (χ2n) is 4.61. The molecule has 1 aromatic rings. The average Bonchev–Trinajstić information content (AvgIpc) is 2.22. The molecule has 88 valence electrons. The molecule has 1 aliphatic rings. The standard InChI is InChI=1S/C13H20N2O/c1-11-5-3-6-12(15-11)9-14-10-13(16-2)7-4-8-13/h3,5-6,14H,4,7-10H2,1-2H3. The fraction of sp³-hybridized carbons (Fsp3) is 0.615. The van der Waals surface area contributed by atoms with Gasteiger partial charge in [-0.2, -0.15) is 0 Å². The van der Waals surface area contributed by atoms with Gasteiger partial charge in [0.1, 0.15) is 0 Å². The van der Waals surface area contributed by atoms with Crippen molar-refractivity contribution >= 4 is 0 Å². The molecular weight excluding hydrogens is 200 g/mol. The summed E-state index contributed by atoms with van der Waals surface area (Å²) in [6.45, 7) is 3.78. The molecule has 1 fully saturated rings. The summed E-state index contributed by atoms with van der Waals surface area (Å²) in [5.74, 6) is 0. The topological polar surface area (TPSA) is 34.1 Å². The van der Waals surface area contributed by atoms with Crippen molar-refractivity contribution in [1.29, 1.82) is 0 Å². The molecule has 1 aromatic heterocycles. The Balaban J connectivity index is 1.79. The average molecular weight is 220 g/mol. The lowest BCUT2D eigenvalue weighted by atomic mass is 9.80. The zero-order valence-corrected chi connectivity index (χ0v) is 10.1. The molecule has 2 rings (SSSR count). The van der Waals surface area contributed by atoms with Crippen LogP contribution in [0.15, 0.2) is 18.2 Å². The van der Waals surface area contributed by atoms with E-state index in [4.69, 9.17) is 4.74 Å². The number of hydrogen-bond donors (Lipinski definition) is 1. The third-order valence-corrected chi connectivity index (χ3v) is 3.40. The summed E-state index contributed by atoms with van der Waals surface area (Å²) in [5.41, 5.74) is 2.28. The molecule has 0 saturated heterocycles. The summed E-state index contributed by atoms with van der Waals surface area (Å²) in [4.78, 5) is 4.46. The number of aromatic nitrogens is 1. The van der Waals surface area contributed by atoms with E-state index in [2.05, 4.69) is 22.4 Å². The number of pyridine rings is 1. The van der Waals surface area contributed by atoms with Gasteiger partial charge in [0.2, 0.25) is 0 Å². The first-order valence-electron chi connectivity index (χ1n) is 5.92. The van der Waals surface area contributed by atoms with Gasteiger partial charge in [-0.15, -0.1) is 0 Å². The Hall–Kier alpha value is -0.930. The van der Waals surface area contributed by atoms with Gasteiger partial charge in [-0.05, 0) is 38.3 Å². The van der Waals surface area contributed by atoms with Crippen LogP contribution in [-0.4, -0.2) is 24.2 Å². The Morgan fingerprint density at radius 2 is 2.25 bits per heavy atom. The minimum Gasteiger partial charge on any atom is -0.377 e. The van der Waals surface area contributed by atoms with Crippen LogP contribution in [0, 0.1) is 6.92 Å². The Morgan fingerprint density at radius 1 is 1.44 bits per heavy atom. The molecule has 0 radical (unpaired) electrons. The zero-order chi connectivity index (χ0) is 11.4. The van der Waals surface area contributed by atoms with Gasteiger partial charge >= 0.3 is 0 Å². The largest absolute Gasteiger partial charge is 0.377 e. The summed E-state index contributed by atoms with van der Waals surface area (Å²) in [6, 6.07) is 6.13. The maximum Gasteiger partial charge on any atom is 0.0802 e. The fourth-order valence-corrected chi connectivity index (χ4v) is 2.14. The summed E-state index contributed by atoms with van der Waals surface area (Å²) in [5, 5.41) is 3.44. The lowest BCUT2D eigenvalue weighted by Crippen LogP contribution is -2.47. The van der Waals surface area contributed by atoms with Gasteiger partial charge in [-0.1, -0.05) is 6.07 Å². The molecule has 0 aromatic carbocycles. The second kappa shape index (κ2) is 4.93. The Bertz CT molecular complexity index is 342. The molecule has 16 heavy (non-hydrogen) atoms. The number of ether oxygens (including phenoxy) is 1. The van der Waals surface area contributed by atoms with E-state index in [-0.39, 0.29) is 5.60 Å². The molecule has 0 bridgehead atoms. The first kappa shape index (κ1) is 11.6. The van der Waals surface area contributed by atoms with Gasteiger partial charge in [-0.3, -0.25) is 4.98 Å². The first-order chi connectivity index (χ1) is 7.74. The van der Waals surface area contributed by atoms with Gasteiger partial charge < -0.3 is 10.1 Å². The molecule has 3 heteroatoms. The Labute approximate surface area is 97.2 Å². The highest BCUT2D eigenvalue weighted by Gasteiger charge is 2.36. The van der Waals surface area contributed by atoms with Crippen molar-refractivity contribution in [2.45, 2.75) is 38.3 Å². The maximum absolute atomic E-state index is 5.55. The van der Waals surface area contributed by atoms with Gasteiger partial charge in [0, 0.05) is 25.9 Å². The molecule has 0 amide bonds. The van der Waals surface area contributed by atoms with Crippen LogP contribution in [-0.2, 0) is 11.3 Å². The lowest BCUT2D eigenvalue weighted by molar-refractivity contribution is -0.0695. The summed E-state index contributed by atoms with van der Waals surface area (Å²) >= 11 is 0. The highest BCUT2D eigenvalue weighted by atomic mass is 16.5. The van der Waals surface area contributed by atoms with Crippen molar-refractivity contribution in [3.05, 3.63) is 29.6 Å². The summed E-state index contributed by atoms with van der Waals surface area (Å²) in [7, 11) is 1.81. The van der Waals surface area contributed by atoms with Crippen LogP contribution in [0.5, 0.6) is 0 Å². The monoisotopic (exact) mass is 220 g/mol. The van der Waals surface area contributed by atoms with Crippen LogP contribution >= 0.6 is 0 Å². The Kier molecular flexibility index (Phi) is 3.56. The molecule has 1 aliphatic carbocycles. The summed E-state index contributed by atoms with van der Waals surface area (Å²) in [6.07, 6.45) is 3.65. The molecule has 0 aliphatic heterocycles. The van der Waals surface area contributed by atoms with Crippen molar-refractivity contribution in [2.75, 3.05) is 13.7 Å². The van der Waals surface area contributed by atoms with Gasteiger partial charge in [0.25, 0.3) is 0 Å². The highest BCUT2D eigenvalue weighted by Crippen LogP contribution is 2.34. The molecular formula is C13H20N2O. The van der Waals surface area contributed by atoms with Crippen LogP contribution in [0.1, 0.15) is 30.7 Å². The number of methoxy groups -OCH3 is 1. The number of hydrogen-bond acceptors (Lipinski definition) is 3. The van der Waals surface area contributed by atoms with Crippen molar-refractivity contribution in [3.63, 3.8) is 0 Å². The zero-order valence-electron chi connectivity index (χ0n) is 10.1. The number of nitrogens with zero attached hydrogens (tertiary/aromatic N) is 1. The van der Waals surface area contributed by atoms with E-state index in [9.17, 15) is 0 Å². The first-order valence-corrected chi connectivity index (χ1v) is 5.92. The van der Waals surface area contributed by atoms with E-state index in [0.717, 1.165) is 24.5 Å². The smallest absolute Gasteiger partial charge is 0.0802 e. The second-order valence-corrected chi connectivity index (χ2v) is 4.61. The number of aryl methyl sites for hydroxylation is 1. The van der Waals surface area contributed by atoms with Crippen molar-refractivity contribution in [3.8, 4) is 0 Å². The predicted molar refractivity (Wildman–Crippen MR) is 64.3 cm³/mol. The van der Waals surface area contributed by atoms with Gasteiger partial charge in [-0.25, -0.2) is 0 Å². The molecule has 1 N–H and O–H groups in total. The number of rotatable bonds is 5. The van der Waals surface area contributed by atoms with Crippen LogP contribution in [0.4, 0.5) is 0 Å². The van der Waals surface area contributed by atoms with E-state index in [1.165, 1.54) is 19.3 Å². The molecule has 3 nitrogen and oxygen atoms in total. The van der Waals surface area contributed by atoms with Gasteiger partial charge in [0.05, 0.1) is 11.3 Å². The van der Waals surface area contributed by atoms with Crippen LogP contribution in [0.2, 0.25) is 0 Å². The fourth-order valence-electron chi connectivity index (χ4n) is 2.14.